The molecule has 0 radical (unpaired) electrons. The zero-order valence-electron chi connectivity index (χ0n) is 14.7. The van der Waals surface area contributed by atoms with Crippen LogP contribution in [0.3, 0.4) is 0 Å². The number of benzene rings is 3. The third-order valence-electron chi connectivity index (χ3n) is 4.08. The molecule has 4 heteroatoms. The molecule has 0 fully saturated rings. The topological polar surface area (TPSA) is 33.0 Å². The van der Waals surface area contributed by atoms with Crippen LogP contribution in [0.4, 0.5) is 0 Å². The first-order valence-electron chi connectivity index (χ1n) is 8.41. The summed E-state index contributed by atoms with van der Waals surface area (Å²) in [6, 6.07) is 23.2. The highest BCUT2D eigenvalue weighted by Gasteiger charge is 2.06. The first-order chi connectivity index (χ1) is 13.1. The van der Waals surface area contributed by atoms with Gasteiger partial charge >= 0.3 is 0 Å². The molecule has 3 rings (SSSR count). The van der Waals surface area contributed by atoms with E-state index < -0.39 is 0 Å². The molecule has 0 aromatic heterocycles. The van der Waals surface area contributed by atoms with Crippen LogP contribution in [0.15, 0.2) is 66.7 Å². The predicted octanol–water partition coefficient (Wildman–Crippen LogP) is 6.95. The monoisotopic (exact) mass is 393 g/mol. The summed E-state index contributed by atoms with van der Waals surface area (Å²) in [5.41, 5.74) is 4.38. The number of hydrogen-bond acceptors (Lipinski definition) is 2. The van der Waals surface area contributed by atoms with Crippen LogP contribution < -0.4 is 4.74 Å². The molecule has 0 N–H and O–H groups in total. The summed E-state index contributed by atoms with van der Waals surface area (Å²) < 4.78 is 5.96. The summed E-state index contributed by atoms with van der Waals surface area (Å²) in [5, 5.41) is 10.6. The molecule has 0 aliphatic heterocycles. The van der Waals surface area contributed by atoms with Gasteiger partial charge in [-0.25, -0.2) is 0 Å². The number of halogens is 2. The van der Waals surface area contributed by atoms with E-state index in [4.69, 9.17) is 27.9 Å². The Bertz CT molecular complexity index is 1020. The van der Waals surface area contributed by atoms with Crippen LogP contribution in [-0.4, -0.2) is 0 Å². The molecule has 0 saturated carbocycles. The first-order valence-corrected chi connectivity index (χ1v) is 9.17. The Morgan fingerprint density at radius 3 is 2.44 bits per heavy atom. The molecule has 0 amide bonds. The Hall–Kier alpha value is -2.73. The van der Waals surface area contributed by atoms with Crippen molar-refractivity contribution in [2.45, 2.75) is 13.5 Å². The Morgan fingerprint density at radius 2 is 1.74 bits per heavy atom. The highest BCUT2D eigenvalue weighted by Crippen LogP contribution is 2.27. The molecule has 2 nitrogen and oxygen atoms in total. The van der Waals surface area contributed by atoms with Gasteiger partial charge in [-0.15, -0.1) is 0 Å². The van der Waals surface area contributed by atoms with Crippen molar-refractivity contribution < 1.29 is 4.74 Å². The van der Waals surface area contributed by atoms with Gasteiger partial charge in [-0.05, 0) is 42.3 Å². The number of rotatable bonds is 5. The second-order valence-electron chi connectivity index (χ2n) is 6.11. The molecular formula is C23H17Cl2NO. The van der Waals surface area contributed by atoms with Gasteiger partial charge in [-0.2, -0.15) is 5.26 Å². The van der Waals surface area contributed by atoms with Crippen molar-refractivity contribution in [1.29, 1.82) is 5.26 Å². The van der Waals surface area contributed by atoms with Gasteiger partial charge in [0.2, 0.25) is 0 Å². The average Bonchev–Trinajstić information content (AvgIpc) is 2.68. The zero-order chi connectivity index (χ0) is 19.2. The minimum Gasteiger partial charge on any atom is -0.488 e. The third-order valence-corrected chi connectivity index (χ3v) is 4.82. The number of ether oxygens (including phenoxy) is 1. The van der Waals surface area contributed by atoms with Crippen LogP contribution in [0, 0.1) is 18.3 Å². The summed E-state index contributed by atoms with van der Waals surface area (Å²) >= 11 is 12.0. The van der Waals surface area contributed by atoms with Crippen LogP contribution in [0.1, 0.15) is 22.3 Å². The number of nitriles is 1. The highest BCUT2D eigenvalue weighted by atomic mass is 35.5. The van der Waals surface area contributed by atoms with Gasteiger partial charge in [0.1, 0.15) is 12.4 Å². The van der Waals surface area contributed by atoms with E-state index in [2.05, 4.69) is 6.07 Å². The van der Waals surface area contributed by atoms with Crippen LogP contribution >= 0.6 is 23.2 Å². The number of aryl methyl sites for hydroxylation is 1. The molecule has 0 unspecified atom stereocenters. The number of para-hydroxylation sites is 1. The van der Waals surface area contributed by atoms with Gasteiger partial charge in [0.05, 0.1) is 21.7 Å². The number of hydrogen-bond donors (Lipinski definition) is 0. The maximum absolute atomic E-state index is 9.58. The maximum Gasteiger partial charge on any atom is 0.127 e. The van der Waals surface area contributed by atoms with E-state index in [0.29, 0.717) is 28.0 Å². The third kappa shape index (κ3) is 4.92. The lowest BCUT2D eigenvalue weighted by Gasteiger charge is -2.10. The van der Waals surface area contributed by atoms with Crippen LogP contribution in [-0.2, 0) is 6.61 Å². The summed E-state index contributed by atoms with van der Waals surface area (Å²) in [6.45, 7) is 2.37. The normalized spacial score (nSPS) is 11.1. The number of nitrogens with zero attached hydrogens (tertiary/aromatic N) is 1. The lowest BCUT2D eigenvalue weighted by atomic mass is 10.0. The minimum atomic E-state index is 0.355. The smallest absolute Gasteiger partial charge is 0.127 e. The van der Waals surface area contributed by atoms with Crippen molar-refractivity contribution >= 4 is 34.9 Å². The molecule has 0 saturated heterocycles. The molecule has 0 atom stereocenters. The summed E-state index contributed by atoms with van der Waals surface area (Å²) in [5.74, 6) is 0.698. The lowest BCUT2D eigenvalue weighted by molar-refractivity contribution is 0.305. The largest absolute Gasteiger partial charge is 0.488 e. The fraction of sp³-hybridized carbons (Fsp3) is 0.0870. The van der Waals surface area contributed by atoms with E-state index in [9.17, 15) is 5.26 Å². The second kappa shape index (κ2) is 8.77. The van der Waals surface area contributed by atoms with Gasteiger partial charge < -0.3 is 4.74 Å². The maximum atomic E-state index is 9.58. The zero-order valence-corrected chi connectivity index (χ0v) is 16.3. The SMILES string of the molecule is Cc1ccc(/C(C#N)=C\c2ccccc2OCc2ccc(Cl)c(Cl)c2)cc1. The van der Waals surface area contributed by atoms with Gasteiger partial charge in [0.25, 0.3) is 0 Å². The molecule has 134 valence electrons. The van der Waals surface area contributed by atoms with E-state index in [1.54, 1.807) is 12.1 Å². The first kappa shape index (κ1) is 19.0. The van der Waals surface area contributed by atoms with Gasteiger partial charge in [0, 0.05) is 5.56 Å². The van der Waals surface area contributed by atoms with Gasteiger partial charge in [0.15, 0.2) is 0 Å². The van der Waals surface area contributed by atoms with Crippen molar-refractivity contribution in [1.82, 2.24) is 0 Å². The molecule has 0 aliphatic rings. The fourth-order valence-electron chi connectivity index (χ4n) is 2.59. The molecule has 0 spiro atoms. The Balaban J connectivity index is 1.85. The van der Waals surface area contributed by atoms with E-state index in [0.717, 1.165) is 22.3 Å². The minimum absolute atomic E-state index is 0.355. The van der Waals surface area contributed by atoms with Crippen molar-refractivity contribution in [3.63, 3.8) is 0 Å². The quantitative estimate of drug-likeness (QED) is 0.347. The average molecular weight is 394 g/mol. The van der Waals surface area contributed by atoms with Crippen molar-refractivity contribution in [3.05, 3.63) is 99.0 Å². The molecule has 3 aromatic rings. The predicted molar refractivity (Wildman–Crippen MR) is 112 cm³/mol. The summed E-state index contributed by atoms with van der Waals surface area (Å²) in [6.07, 6.45) is 1.84. The summed E-state index contributed by atoms with van der Waals surface area (Å²) in [4.78, 5) is 0. The van der Waals surface area contributed by atoms with Gasteiger partial charge in [-0.1, -0.05) is 77.3 Å². The van der Waals surface area contributed by atoms with E-state index in [1.165, 1.54) is 0 Å². The standard InChI is InChI=1S/C23H17Cl2NO/c1-16-6-9-18(10-7-16)20(14-26)13-19-4-2-3-5-23(19)27-15-17-8-11-21(24)22(25)12-17/h2-13H,15H2,1H3/b20-13-. The lowest BCUT2D eigenvalue weighted by Crippen LogP contribution is -1.97. The van der Waals surface area contributed by atoms with E-state index in [1.807, 2.05) is 67.6 Å². The van der Waals surface area contributed by atoms with E-state index in [-0.39, 0.29) is 0 Å². The highest BCUT2D eigenvalue weighted by molar-refractivity contribution is 6.42. The Kier molecular flexibility index (Phi) is 6.19. The molecule has 27 heavy (non-hydrogen) atoms. The second-order valence-corrected chi connectivity index (χ2v) is 6.93. The fourth-order valence-corrected chi connectivity index (χ4v) is 2.91. The molecule has 3 aromatic carbocycles. The molecule has 0 bridgehead atoms. The van der Waals surface area contributed by atoms with Crippen molar-refractivity contribution in [2.24, 2.45) is 0 Å². The Morgan fingerprint density at radius 1 is 1.00 bits per heavy atom. The van der Waals surface area contributed by atoms with Crippen molar-refractivity contribution in [2.75, 3.05) is 0 Å². The van der Waals surface area contributed by atoms with Gasteiger partial charge in [-0.3, -0.25) is 0 Å². The number of allylic oxidation sites excluding steroid dienone is 1. The van der Waals surface area contributed by atoms with Crippen molar-refractivity contribution in [3.8, 4) is 11.8 Å². The molecular weight excluding hydrogens is 377 g/mol. The molecule has 0 aliphatic carbocycles. The van der Waals surface area contributed by atoms with E-state index >= 15 is 0 Å². The Labute approximate surface area is 169 Å². The van der Waals surface area contributed by atoms with Crippen LogP contribution in [0.2, 0.25) is 10.0 Å². The van der Waals surface area contributed by atoms with Crippen LogP contribution in [0.5, 0.6) is 5.75 Å². The summed E-state index contributed by atoms with van der Waals surface area (Å²) in [7, 11) is 0. The van der Waals surface area contributed by atoms with Crippen LogP contribution in [0.25, 0.3) is 11.6 Å². The molecule has 0 heterocycles.